The number of rotatable bonds is 5. The number of para-hydroxylation sites is 1. The van der Waals surface area contributed by atoms with E-state index in [4.69, 9.17) is 4.74 Å². The molecule has 0 bridgehead atoms. The van der Waals surface area contributed by atoms with Gasteiger partial charge in [-0.1, -0.05) is 29.5 Å². The van der Waals surface area contributed by atoms with Crippen molar-refractivity contribution in [2.75, 3.05) is 26.2 Å². The smallest absolute Gasteiger partial charge is 0.273 e. The third kappa shape index (κ3) is 4.48. The first-order valence-electron chi connectivity index (χ1n) is 11.3. The zero-order chi connectivity index (χ0) is 21.2. The molecule has 2 saturated heterocycles. The molecule has 0 N–H and O–H groups in total. The van der Waals surface area contributed by atoms with Crippen LogP contribution in [0.3, 0.4) is 0 Å². The van der Waals surface area contributed by atoms with Gasteiger partial charge >= 0.3 is 0 Å². The first-order chi connectivity index (χ1) is 15.2. The van der Waals surface area contributed by atoms with Gasteiger partial charge in [-0.3, -0.25) is 9.69 Å². The Hall–Kier alpha value is -2.38. The molecule has 0 unspecified atom stereocenters. The number of fused-ring (bicyclic) bond motifs is 1. The van der Waals surface area contributed by atoms with Crippen molar-refractivity contribution in [3.63, 3.8) is 0 Å². The maximum Gasteiger partial charge on any atom is 0.273 e. The van der Waals surface area contributed by atoms with Crippen molar-refractivity contribution in [3.05, 3.63) is 47.6 Å². The second kappa shape index (κ2) is 9.01. The van der Waals surface area contributed by atoms with E-state index in [1.165, 1.54) is 10.9 Å². The Labute approximate surface area is 187 Å². The number of hydrogen-bond donors (Lipinski definition) is 0. The van der Waals surface area contributed by atoms with Crippen molar-refractivity contribution in [1.82, 2.24) is 19.4 Å². The molecule has 6 nitrogen and oxygen atoms in total. The van der Waals surface area contributed by atoms with Crippen LogP contribution < -0.4 is 4.74 Å². The second-order valence-corrected chi connectivity index (χ2v) is 9.58. The van der Waals surface area contributed by atoms with Crippen LogP contribution in [0, 0.1) is 0 Å². The Balaban J connectivity index is 1.11. The number of hydrogen-bond acceptors (Lipinski definition) is 5. The van der Waals surface area contributed by atoms with Gasteiger partial charge in [0.15, 0.2) is 0 Å². The summed E-state index contributed by atoms with van der Waals surface area (Å²) in [6.07, 6.45) is 8.92. The maximum atomic E-state index is 13.0. The Morgan fingerprint density at radius 3 is 2.65 bits per heavy atom. The maximum absolute atomic E-state index is 13.0. The molecule has 4 heterocycles. The highest BCUT2D eigenvalue weighted by Gasteiger charge is 2.30. The minimum absolute atomic E-state index is 0.255. The molecular formula is C24H30N4O2S. The highest BCUT2D eigenvalue weighted by molar-refractivity contribution is 7.11. The van der Waals surface area contributed by atoms with Crippen molar-refractivity contribution in [1.29, 1.82) is 0 Å². The average molecular weight is 439 g/mol. The minimum Gasteiger partial charge on any atom is -0.467 e. The standard InChI is InChI=1S/C24H30N4O2S/c1-26-17-18(21-4-2-3-5-22(21)26)16-23(29)28-11-6-19(7-12-28)27-13-8-20(9-14-27)30-24-25-10-15-31-24/h2-5,10,15,17,19-20H,6-9,11-14,16H2,1H3. The first-order valence-corrected chi connectivity index (χ1v) is 12.2. The summed E-state index contributed by atoms with van der Waals surface area (Å²) in [4.78, 5) is 21.9. The van der Waals surface area contributed by atoms with E-state index in [0.717, 1.165) is 62.6 Å². The van der Waals surface area contributed by atoms with Crippen LogP contribution in [0.1, 0.15) is 31.2 Å². The summed E-state index contributed by atoms with van der Waals surface area (Å²) in [6, 6.07) is 8.91. The third-order valence-electron chi connectivity index (χ3n) is 6.81. The minimum atomic E-state index is 0.255. The van der Waals surface area contributed by atoms with Crippen LogP contribution in [0.15, 0.2) is 42.0 Å². The number of benzene rings is 1. The molecule has 1 aromatic carbocycles. The lowest BCUT2D eigenvalue weighted by molar-refractivity contribution is -0.132. The molecule has 0 saturated carbocycles. The quantitative estimate of drug-likeness (QED) is 0.609. The molecule has 2 aliphatic rings. The molecule has 2 aliphatic heterocycles. The van der Waals surface area contributed by atoms with Crippen LogP contribution in [0.5, 0.6) is 5.19 Å². The van der Waals surface area contributed by atoms with Gasteiger partial charge in [0, 0.05) is 67.9 Å². The van der Waals surface area contributed by atoms with Crippen molar-refractivity contribution in [2.24, 2.45) is 7.05 Å². The highest BCUT2D eigenvalue weighted by Crippen LogP contribution is 2.26. The van der Waals surface area contributed by atoms with Crippen LogP contribution in [-0.2, 0) is 18.3 Å². The number of aromatic nitrogens is 2. The Kier molecular flexibility index (Phi) is 5.96. The molecule has 5 rings (SSSR count). The highest BCUT2D eigenvalue weighted by atomic mass is 32.1. The SMILES string of the molecule is Cn1cc(CC(=O)N2CCC(N3CCC(Oc4nccs4)CC3)CC2)c2ccccc21. The normalized spacial score (nSPS) is 19.2. The fourth-order valence-corrected chi connectivity index (χ4v) is 5.64. The van der Waals surface area contributed by atoms with Gasteiger partial charge in [0.25, 0.3) is 5.19 Å². The van der Waals surface area contributed by atoms with Gasteiger partial charge in [-0.2, -0.15) is 0 Å². The summed E-state index contributed by atoms with van der Waals surface area (Å²) < 4.78 is 8.11. The summed E-state index contributed by atoms with van der Waals surface area (Å²) in [5, 5.41) is 3.94. The number of piperidine rings is 2. The van der Waals surface area contributed by atoms with Gasteiger partial charge in [0.2, 0.25) is 5.91 Å². The number of nitrogens with zero attached hydrogens (tertiary/aromatic N) is 4. The van der Waals surface area contributed by atoms with Gasteiger partial charge in [0.05, 0.1) is 6.42 Å². The Morgan fingerprint density at radius 1 is 1.13 bits per heavy atom. The van der Waals surface area contributed by atoms with Crippen LogP contribution in [0.4, 0.5) is 0 Å². The lowest BCUT2D eigenvalue weighted by Crippen LogP contribution is -2.50. The van der Waals surface area contributed by atoms with Crippen molar-refractivity contribution in [3.8, 4) is 5.19 Å². The predicted octanol–water partition coefficient (Wildman–Crippen LogP) is 3.71. The Bertz CT molecular complexity index is 1020. The van der Waals surface area contributed by atoms with E-state index >= 15 is 0 Å². The zero-order valence-electron chi connectivity index (χ0n) is 18.1. The van der Waals surface area contributed by atoms with Gasteiger partial charge in [-0.15, -0.1) is 0 Å². The summed E-state index contributed by atoms with van der Waals surface area (Å²) in [7, 11) is 2.05. The first kappa shape index (κ1) is 20.5. The fourth-order valence-electron chi connectivity index (χ4n) is 5.09. The van der Waals surface area contributed by atoms with E-state index in [-0.39, 0.29) is 12.0 Å². The lowest BCUT2D eigenvalue weighted by atomic mass is 9.98. The topological polar surface area (TPSA) is 50.6 Å². The number of carbonyl (C=O) groups is 1. The molecule has 0 aliphatic carbocycles. The third-order valence-corrected chi connectivity index (χ3v) is 7.47. The molecule has 7 heteroatoms. The number of aryl methyl sites for hydroxylation is 1. The van der Waals surface area contributed by atoms with Crippen LogP contribution in [0.25, 0.3) is 10.9 Å². The largest absolute Gasteiger partial charge is 0.467 e. The molecule has 2 aromatic heterocycles. The van der Waals surface area contributed by atoms with Gasteiger partial charge in [-0.05, 0) is 37.3 Å². The molecule has 0 radical (unpaired) electrons. The number of thiazole rings is 1. The fraction of sp³-hybridized carbons (Fsp3) is 0.500. The van der Waals surface area contributed by atoms with Crippen LogP contribution in [-0.4, -0.2) is 63.6 Å². The zero-order valence-corrected chi connectivity index (χ0v) is 18.9. The van der Waals surface area contributed by atoms with Crippen molar-refractivity contribution >= 4 is 28.1 Å². The molecule has 2 fully saturated rings. The predicted molar refractivity (Wildman–Crippen MR) is 124 cm³/mol. The van der Waals surface area contributed by atoms with E-state index in [1.807, 2.05) is 24.6 Å². The van der Waals surface area contributed by atoms with Crippen molar-refractivity contribution in [2.45, 2.75) is 44.2 Å². The van der Waals surface area contributed by atoms with E-state index in [0.29, 0.717) is 12.5 Å². The number of amides is 1. The van der Waals surface area contributed by atoms with Gasteiger partial charge in [-0.25, -0.2) is 4.98 Å². The number of ether oxygens (including phenoxy) is 1. The van der Waals surface area contributed by atoms with Crippen LogP contribution in [0.2, 0.25) is 0 Å². The monoisotopic (exact) mass is 438 g/mol. The molecular weight excluding hydrogens is 408 g/mol. The summed E-state index contributed by atoms with van der Waals surface area (Å²) >= 11 is 1.56. The van der Waals surface area contributed by atoms with Gasteiger partial charge in [0.1, 0.15) is 6.10 Å². The van der Waals surface area contributed by atoms with Crippen molar-refractivity contribution < 1.29 is 9.53 Å². The van der Waals surface area contributed by atoms with Crippen LogP contribution >= 0.6 is 11.3 Å². The summed E-state index contributed by atoms with van der Waals surface area (Å²) in [5.74, 6) is 0.255. The summed E-state index contributed by atoms with van der Waals surface area (Å²) in [6.45, 7) is 3.88. The molecule has 1 amide bonds. The molecule has 0 spiro atoms. The molecule has 0 atom stereocenters. The van der Waals surface area contributed by atoms with E-state index < -0.39 is 0 Å². The molecule has 3 aromatic rings. The van der Waals surface area contributed by atoms with E-state index in [9.17, 15) is 4.79 Å². The second-order valence-electron chi connectivity index (χ2n) is 8.72. The van der Waals surface area contributed by atoms with E-state index in [2.05, 4.69) is 37.7 Å². The number of carbonyl (C=O) groups excluding carboxylic acids is 1. The lowest BCUT2D eigenvalue weighted by Gasteiger charge is -2.41. The summed E-state index contributed by atoms with van der Waals surface area (Å²) in [5.41, 5.74) is 2.32. The van der Waals surface area contributed by atoms with E-state index in [1.54, 1.807) is 17.5 Å². The number of likely N-dealkylation sites (tertiary alicyclic amines) is 2. The molecule has 31 heavy (non-hydrogen) atoms. The average Bonchev–Trinajstić information content (AvgIpc) is 3.43. The Morgan fingerprint density at radius 2 is 1.90 bits per heavy atom. The molecule has 164 valence electrons. The van der Waals surface area contributed by atoms with Gasteiger partial charge < -0.3 is 14.2 Å².